The number of hydrogen-bond donors (Lipinski definition) is 3. The van der Waals surface area contributed by atoms with Crippen molar-refractivity contribution in [3.05, 3.63) is 65.1 Å². The van der Waals surface area contributed by atoms with Crippen molar-refractivity contribution in [2.45, 2.75) is 24.8 Å². The molecule has 2 aromatic rings. The summed E-state index contributed by atoms with van der Waals surface area (Å²) < 4.78 is 100. The molecule has 8 nitrogen and oxygen atoms in total. The maximum Gasteiger partial charge on any atom is 0.420 e. The minimum atomic E-state index is -5.45. The van der Waals surface area contributed by atoms with Crippen LogP contribution in [0.2, 0.25) is 0 Å². The Morgan fingerprint density at radius 1 is 1.11 bits per heavy atom. The first-order valence-corrected chi connectivity index (χ1v) is 10.5. The second kappa shape index (κ2) is 10.5. The van der Waals surface area contributed by atoms with Crippen LogP contribution in [0.5, 0.6) is 5.75 Å². The molecule has 15 heteroatoms. The second-order valence-corrected chi connectivity index (χ2v) is 7.88. The maximum absolute atomic E-state index is 13.9. The Kier molecular flexibility index (Phi) is 7.79. The summed E-state index contributed by atoms with van der Waals surface area (Å²) in [5, 5.41) is 11.9. The number of halogens is 7. The van der Waals surface area contributed by atoms with Gasteiger partial charge < -0.3 is 15.5 Å². The number of alkyl halides is 6. The lowest BCUT2D eigenvalue weighted by atomic mass is 9.98. The predicted octanol–water partition coefficient (Wildman–Crippen LogP) is 4.49. The minimum Gasteiger partial charge on any atom is -0.409 e. The molecule has 1 heterocycles. The predicted molar refractivity (Wildman–Crippen MR) is 119 cm³/mol. The number of hydrogen-bond acceptors (Lipinski definition) is 6. The highest BCUT2D eigenvalue weighted by Crippen LogP contribution is 2.44. The van der Waals surface area contributed by atoms with Gasteiger partial charge in [0, 0.05) is 36.3 Å². The fraction of sp³-hybridized carbons (Fsp3) is 0.217. The van der Waals surface area contributed by atoms with E-state index in [4.69, 9.17) is 10.1 Å². The van der Waals surface area contributed by atoms with Crippen LogP contribution >= 0.6 is 0 Å². The van der Waals surface area contributed by atoms with Gasteiger partial charge in [-0.1, -0.05) is 0 Å². The molecule has 0 spiro atoms. The normalized spacial score (nSPS) is 16.2. The Morgan fingerprint density at radius 2 is 1.74 bits per heavy atom. The molecule has 0 aromatic heterocycles. The molecule has 1 aliphatic heterocycles. The molecule has 0 saturated carbocycles. The van der Waals surface area contributed by atoms with Crippen LogP contribution in [0.15, 0.2) is 42.6 Å². The lowest BCUT2D eigenvalue weighted by Gasteiger charge is -2.23. The third-order valence-electron chi connectivity index (χ3n) is 5.27. The molecule has 1 saturated heterocycles. The number of imide groups is 1. The first-order chi connectivity index (χ1) is 17.6. The van der Waals surface area contributed by atoms with Gasteiger partial charge in [-0.3, -0.25) is 19.8 Å². The van der Waals surface area contributed by atoms with E-state index < -0.39 is 70.1 Å². The van der Waals surface area contributed by atoms with Gasteiger partial charge in [-0.05, 0) is 36.4 Å². The van der Waals surface area contributed by atoms with Crippen LogP contribution in [-0.2, 0) is 21.9 Å². The topological polar surface area (TPSA) is 112 Å². The summed E-state index contributed by atoms with van der Waals surface area (Å²) in [6, 6.07) is 2.91. The molecule has 0 aliphatic carbocycles. The quantitative estimate of drug-likeness (QED) is 0.281. The minimum absolute atomic E-state index is 0.0141. The van der Waals surface area contributed by atoms with E-state index in [1.807, 2.05) is 5.32 Å². The van der Waals surface area contributed by atoms with Gasteiger partial charge in [-0.25, -0.2) is 9.18 Å². The van der Waals surface area contributed by atoms with Crippen molar-refractivity contribution in [2.24, 2.45) is 0 Å². The number of nitrogens with zero attached hydrogens (tertiary/aromatic N) is 1. The summed E-state index contributed by atoms with van der Waals surface area (Å²) in [6.45, 7) is 0. The van der Waals surface area contributed by atoms with Crippen LogP contribution in [0.25, 0.3) is 5.57 Å². The van der Waals surface area contributed by atoms with E-state index in [1.165, 1.54) is 0 Å². The molecule has 3 rings (SSSR count). The van der Waals surface area contributed by atoms with Crippen molar-refractivity contribution < 1.29 is 49.9 Å². The summed E-state index contributed by atoms with van der Waals surface area (Å²) in [5.41, 5.74) is -5.33. The van der Waals surface area contributed by atoms with Gasteiger partial charge in [0.05, 0.1) is 17.5 Å². The average molecular weight is 546 g/mol. The van der Waals surface area contributed by atoms with E-state index in [2.05, 4.69) is 5.32 Å². The van der Waals surface area contributed by atoms with E-state index in [9.17, 15) is 45.1 Å². The third kappa shape index (κ3) is 6.27. The zero-order valence-electron chi connectivity index (χ0n) is 19.1. The lowest BCUT2D eigenvalue weighted by molar-refractivity contribution is -0.143. The third-order valence-corrected chi connectivity index (χ3v) is 5.27. The second-order valence-electron chi connectivity index (χ2n) is 7.88. The molecule has 0 bridgehead atoms. The lowest BCUT2D eigenvalue weighted by Crippen LogP contribution is -2.33. The largest absolute Gasteiger partial charge is 0.420 e. The molecule has 1 unspecified atom stereocenters. The summed E-state index contributed by atoms with van der Waals surface area (Å²) in [6.07, 6.45) is -11.4. The Balaban J connectivity index is 2.14. The van der Waals surface area contributed by atoms with Crippen molar-refractivity contribution in [1.29, 1.82) is 5.41 Å². The number of benzene rings is 2. The number of allylic oxidation sites excluding steroid dienone is 1. The van der Waals surface area contributed by atoms with E-state index in [0.717, 1.165) is 37.5 Å². The Labute approximate surface area is 209 Å². The smallest absolute Gasteiger partial charge is 0.409 e. The maximum atomic E-state index is 13.9. The van der Waals surface area contributed by atoms with E-state index in [-0.39, 0.29) is 24.2 Å². The van der Waals surface area contributed by atoms with Crippen LogP contribution in [0.1, 0.15) is 23.1 Å². The fourth-order valence-electron chi connectivity index (χ4n) is 3.33. The molecular weight excluding hydrogens is 529 g/mol. The summed E-state index contributed by atoms with van der Waals surface area (Å²) >= 11 is 0. The number of rotatable bonds is 6. The number of amides is 3. The molecule has 1 atom stereocenters. The number of nitrogens with one attached hydrogen (secondary N) is 3. The summed E-state index contributed by atoms with van der Waals surface area (Å²) in [7, 11) is 1.07. The monoisotopic (exact) mass is 546 g/mol. The standard InChI is InChI=1S/C23H17F7N4O4/c1-34(14-4-2-13(24)3-5-14)21(37)38-19-15(6-12(22(25,26)27)7-16(19)23(28,29)30)11(9-31)10-32-17-8-18(35)33-20(17)36/h2-7,9-10,17,31-32H,8H2,1H3,(H,33,35,36)/b11-10+,31-9?. The molecule has 0 radical (unpaired) electrons. The molecule has 3 N–H and O–H groups in total. The Hall–Kier alpha value is -4.43. The van der Waals surface area contributed by atoms with Crippen molar-refractivity contribution in [2.75, 3.05) is 11.9 Å². The molecular formula is C23H17F7N4O4. The Bertz CT molecular complexity index is 1300. The van der Waals surface area contributed by atoms with Crippen LogP contribution in [0, 0.1) is 11.2 Å². The molecule has 1 aliphatic rings. The molecule has 3 amide bonds. The van der Waals surface area contributed by atoms with Gasteiger partial charge in [0.2, 0.25) is 11.8 Å². The van der Waals surface area contributed by atoms with Crippen molar-refractivity contribution in [1.82, 2.24) is 10.6 Å². The van der Waals surface area contributed by atoms with Crippen molar-refractivity contribution >= 4 is 35.4 Å². The number of carbonyl (C=O) groups excluding carboxylic acids is 3. The molecule has 1 fully saturated rings. The molecule has 38 heavy (non-hydrogen) atoms. The van der Waals surface area contributed by atoms with Gasteiger partial charge in [-0.15, -0.1) is 0 Å². The van der Waals surface area contributed by atoms with Gasteiger partial charge in [0.15, 0.2) is 5.75 Å². The summed E-state index contributed by atoms with van der Waals surface area (Å²) in [5.74, 6) is -3.50. The van der Waals surface area contributed by atoms with Crippen molar-refractivity contribution in [3.8, 4) is 5.75 Å². The van der Waals surface area contributed by atoms with Gasteiger partial charge in [0.1, 0.15) is 11.9 Å². The fourth-order valence-corrected chi connectivity index (χ4v) is 3.33. The van der Waals surface area contributed by atoms with Crippen LogP contribution in [-0.4, -0.2) is 37.2 Å². The van der Waals surface area contributed by atoms with Crippen LogP contribution in [0.3, 0.4) is 0 Å². The van der Waals surface area contributed by atoms with Gasteiger partial charge >= 0.3 is 18.4 Å². The highest BCUT2D eigenvalue weighted by Gasteiger charge is 2.41. The highest BCUT2D eigenvalue weighted by molar-refractivity contribution is 6.10. The van der Waals surface area contributed by atoms with E-state index >= 15 is 0 Å². The molecule has 2 aromatic carbocycles. The average Bonchev–Trinajstić information content (AvgIpc) is 3.15. The number of carbonyl (C=O) groups is 3. The Morgan fingerprint density at radius 3 is 2.24 bits per heavy atom. The van der Waals surface area contributed by atoms with Crippen LogP contribution < -0.4 is 20.3 Å². The highest BCUT2D eigenvalue weighted by atomic mass is 19.4. The molecule has 202 valence electrons. The zero-order chi connectivity index (χ0) is 28.4. The first kappa shape index (κ1) is 28.1. The number of anilines is 1. The van der Waals surface area contributed by atoms with E-state index in [0.29, 0.717) is 11.1 Å². The van der Waals surface area contributed by atoms with Gasteiger partial charge in [-0.2, -0.15) is 26.3 Å². The van der Waals surface area contributed by atoms with E-state index in [1.54, 1.807) is 0 Å². The van der Waals surface area contributed by atoms with Crippen molar-refractivity contribution in [3.63, 3.8) is 0 Å². The van der Waals surface area contributed by atoms with Crippen LogP contribution in [0.4, 0.5) is 41.2 Å². The number of ether oxygens (including phenoxy) is 1. The van der Waals surface area contributed by atoms with Gasteiger partial charge in [0.25, 0.3) is 0 Å². The zero-order valence-corrected chi connectivity index (χ0v) is 19.1. The first-order valence-electron chi connectivity index (χ1n) is 10.5. The summed E-state index contributed by atoms with van der Waals surface area (Å²) in [4.78, 5) is 36.5. The SMILES string of the molecule is CN(C(=O)Oc1c(/C(C=N)=C/NC2CC(=O)NC2=O)cc(C(F)(F)F)cc1C(F)(F)F)c1ccc(F)cc1.